The predicted octanol–water partition coefficient (Wildman–Crippen LogP) is 3.79. The van der Waals surface area contributed by atoms with Gasteiger partial charge in [-0.1, -0.05) is 0 Å². The van der Waals surface area contributed by atoms with Crippen LogP contribution in [0.5, 0.6) is 0 Å². The normalized spacial score (nSPS) is 16.8. The Morgan fingerprint density at radius 2 is 1.62 bits per heavy atom. The molecule has 0 spiro atoms. The van der Waals surface area contributed by atoms with Gasteiger partial charge in [-0.25, -0.2) is 18.2 Å². The second-order valence-electron chi connectivity index (χ2n) is 9.21. The molecule has 2 fully saturated rings. The van der Waals surface area contributed by atoms with Crippen molar-refractivity contribution in [3.8, 4) is 5.69 Å². The molecule has 2 aromatic heterocycles. The van der Waals surface area contributed by atoms with Gasteiger partial charge in [0.15, 0.2) is 22.5 Å². The average molecular weight is 526 g/mol. The molecule has 4 aromatic rings. The maximum absolute atomic E-state index is 13.7. The molecule has 0 radical (unpaired) electrons. The zero-order valence-corrected chi connectivity index (χ0v) is 20.4. The number of hydrogen-bond donors (Lipinski definition) is 0. The molecule has 0 N–H and O–H groups in total. The number of benzene rings is 2. The lowest BCUT2D eigenvalue weighted by Gasteiger charge is -2.48. The minimum atomic E-state index is -1.51. The fraction of sp³-hybridized carbons (Fsp3) is 0.269. The Hall–Kier alpha value is -3.70. The topological polar surface area (TPSA) is 61.7 Å². The van der Waals surface area contributed by atoms with Crippen molar-refractivity contribution >= 4 is 34.1 Å². The van der Waals surface area contributed by atoms with Gasteiger partial charge in [0, 0.05) is 86.2 Å². The molecule has 2 aromatic carbocycles. The standard InChI is InChI=1S/C26H22F3N5O2S/c27-20-12-18(13-21(28)23(20)29)34-5-3-16-11-17(1-2-22(16)34)25(35)33-14-19(15-33)31-6-8-32(9-7-31)26(36)24-30-4-10-37-24/h1-5,10-13,19H,6-9,14-15H2. The Balaban J connectivity index is 1.08. The molecule has 0 atom stereocenters. The van der Waals surface area contributed by atoms with Crippen LogP contribution in [0.1, 0.15) is 20.2 Å². The van der Waals surface area contributed by atoms with E-state index in [-0.39, 0.29) is 23.5 Å². The van der Waals surface area contributed by atoms with Crippen LogP contribution in [-0.4, -0.2) is 81.4 Å². The molecule has 2 aliphatic rings. The molecule has 0 unspecified atom stereocenters. The third-order valence-corrected chi connectivity index (χ3v) is 7.83. The van der Waals surface area contributed by atoms with Crippen LogP contribution in [0.2, 0.25) is 0 Å². The molecule has 190 valence electrons. The first-order valence-electron chi connectivity index (χ1n) is 11.9. The second-order valence-corrected chi connectivity index (χ2v) is 10.1. The maximum Gasteiger partial charge on any atom is 0.282 e. The number of amides is 2. The van der Waals surface area contributed by atoms with Gasteiger partial charge in [-0.15, -0.1) is 11.3 Å². The molecule has 2 aliphatic heterocycles. The summed E-state index contributed by atoms with van der Waals surface area (Å²) in [6.45, 7) is 4.03. The van der Waals surface area contributed by atoms with Crippen LogP contribution in [0.3, 0.4) is 0 Å². The van der Waals surface area contributed by atoms with Gasteiger partial charge in [-0.05, 0) is 24.3 Å². The van der Waals surface area contributed by atoms with E-state index in [1.807, 2.05) is 4.90 Å². The zero-order chi connectivity index (χ0) is 25.7. The third kappa shape index (κ3) is 4.27. The van der Waals surface area contributed by atoms with E-state index in [0.717, 1.165) is 30.6 Å². The fourth-order valence-electron chi connectivity index (χ4n) is 4.97. The predicted molar refractivity (Wildman–Crippen MR) is 132 cm³/mol. The highest BCUT2D eigenvalue weighted by molar-refractivity contribution is 7.11. The number of carbonyl (C=O) groups is 2. The molecule has 4 heterocycles. The molecule has 11 heteroatoms. The number of hydrogen-bond acceptors (Lipinski definition) is 5. The summed E-state index contributed by atoms with van der Waals surface area (Å²) < 4.78 is 42.3. The highest BCUT2D eigenvalue weighted by Crippen LogP contribution is 2.26. The van der Waals surface area contributed by atoms with Crippen LogP contribution in [-0.2, 0) is 0 Å². The number of halogens is 3. The van der Waals surface area contributed by atoms with Crippen LogP contribution in [0, 0.1) is 17.5 Å². The minimum absolute atomic E-state index is 0.0287. The molecular formula is C26H22F3N5O2S. The van der Waals surface area contributed by atoms with Crippen LogP contribution in [0.4, 0.5) is 13.2 Å². The van der Waals surface area contributed by atoms with Gasteiger partial charge in [-0.2, -0.15) is 0 Å². The Bertz CT molecular complexity index is 1470. The van der Waals surface area contributed by atoms with Gasteiger partial charge in [0.25, 0.3) is 11.8 Å². The van der Waals surface area contributed by atoms with Gasteiger partial charge in [0.2, 0.25) is 0 Å². The van der Waals surface area contributed by atoms with Crippen LogP contribution in [0.25, 0.3) is 16.6 Å². The quantitative estimate of drug-likeness (QED) is 0.381. The van der Waals surface area contributed by atoms with Crippen LogP contribution in [0.15, 0.2) is 54.2 Å². The lowest BCUT2D eigenvalue weighted by molar-refractivity contribution is 0.00854. The minimum Gasteiger partial charge on any atom is -0.335 e. The van der Waals surface area contributed by atoms with E-state index in [4.69, 9.17) is 0 Å². The number of carbonyl (C=O) groups excluding carboxylic acids is 2. The number of likely N-dealkylation sites (tertiary alicyclic amines) is 1. The summed E-state index contributed by atoms with van der Waals surface area (Å²) in [4.78, 5) is 35.6. The largest absolute Gasteiger partial charge is 0.335 e. The maximum atomic E-state index is 13.7. The number of aromatic nitrogens is 2. The highest BCUT2D eigenvalue weighted by Gasteiger charge is 2.37. The lowest BCUT2D eigenvalue weighted by Crippen LogP contribution is -2.64. The van der Waals surface area contributed by atoms with E-state index in [9.17, 15) is 22.8 Å². The summed E-state index contributed by atoms with van der Waals surface area (Å²) in [6, 6.07) is 9.04. The van der Waals surface area contributed by atoms with E-state index >= 15 is 0 Å². The summed E-state index contributed by atoms with van der Waals surface area (Å²) in [6.07, 6.45) is 3.26. The molecule has 6 rings (SSSR count). The molecule has 2 amide bonds. The summed E-state index contributed by atoms with van der Waals surface area (Å²) in [5.41, 5.74) is 1.33. The van der Waals surface area contributed by atoms with Crippen molar-refractivity contribution in [2.75, 3.05) is 39.3 Å². The molecule has 2 saturated heterocycles. The zero-order valence-electron chi connectivity index (χ0n) is 19.6. The second kappa shape index (κ2) is 9.31. The molecule has 0 saturated carbocycles. The van der Waals surface area contributed by atoms with E-state index < -0.39 is 17.5 Å². The van der Waals surface area contributed by atoms with E-state index in [1.165, 1.54) is 11.3 Å². The van der Waals surface area contributed by atoms with Crippen molar-refractivity contribution in [1.82, 2.24) is 24.3 Å². The fourth-order valence-corrected chi connectivity index (χ4v) is 5.57. The summed E-state index contributed by atoms with van der Waals surface area (Å²) in [7, 11) is 0. The number of piperazine rings is 1. The summed E-state index contributed by atoms with van der Waals surface area (Å²) in [5.74, 6) is -4.14. The molecule has 7 nitrogen and oxygen atoms in total. The summed E-state index contributed by atoms with van der Waals surface area (Å²) >= 11 is 1.35. The van der Waals surface area contributed by atoms with Gasteiger partial charge >= 0.3 is 0 Å². The molecule has 0 aliphatic carbocycles. The number of thiazole rings is 1. The first kappa shape index (κ1) is 23.7. The van der Waals surface area contributed by atoms with Crippen molar-refractivity contribution in [3.05, 3.63) is 82.2 Å². The van der Waals surface area contributed by atoms with Gasteiger partial charge in [0.1, 0.15) is 0 Å². The van der Waals surface area contributed by atoms with Crippen molar-refractivity contribution in [2.24, 2.45) is 0 Å². The third-order valence-electron chi connectivity index (χ3n) is 7.07. The van der Waals surface area contributed by atoms with Gasteiger partial charge in [0.05, 0.1) is 11.2 Å². The Morgan fingerprint density at radius 3 is 2.30 bits per heavy atom. The molecular weight excluding hydrogens is 503 g/mol. The van der Waals surface area contributed by atoms with Gasteiger partial charge < -0.3 is 14.4 Å². The Morgan fingerprint density at radius 1 is 0.892 bits per heavy atom. The van der Waals surface area contributed by atoms with E-state index in [1.54, 1.807) is 51.5 Å². The first-order chi connectivity index (χ1) is 17.9. The Labute approximate surface area is 214 Å². The van der Waals surface area contributed by atoms with Crippen molar-refractivity contribution in [2.45, 2.75) is 6.04 Å². The Kier molecular flexibility index (Phi) is 5.96. The molecule has 0 bridgehead atoms. The van der Waals surface area contributed by atoms with E-state index in [0.29, 0.717) is 42.3 Å². The monoisotopic (exact) mass is 525 g/mol. The number of fused-ring (bicyclic) bond motifs is 1. The number of nitrogens with zero attached hydrogens (tertiary/aromatic N) is 5. The SMILES string of the molecule is O=C(c1ccc2c(ccn2-c2cc(F)c(F)c(F)c2)c1)N1CC(N2CCN(C(=O)c3nccs3)CC2)C1. The van der Waals surface area contributed by atoms with E-state index in [2.05, 4.69) is 9.88 Å². The summed E-state index contributed by atoms with van der Waals surface area (Å²) in [5, 5.41) is 3.04. The molecule has 37 heavy (non-hydrogen) atoms. The van der Waals surface area contributed by atoms with Crippen LogP contribution < -0.4 is 0 Å². The van der Waals surface area contributed by atoms with Crippen molar-refractivity contribution < 1.29 is 22.8 Å². The highest BCUT2D eigenvalue weighted by atomic mass is 32.1. The van der Waals surface area contributed by atoms with Crippen molar-refractivity contribution in [1.29, 1.82) is 0 Å². The first-order valence-corrected chi connectivity index (χ1v) is 12.7. The van der Waals surface area contributed by atoms with Gasteiger partial charge in [-0.3, -0.25) is 14.5 Å². The smallest absolute Gasteiger partial charge is 0.282 e. The lowest BCUT2D eigenvalue weighted by atomic mass is 10.0. The number of rotatable bonds is 4. The van der Waals surface area contributed by atoms with Crippen LogP contribution >= 0.6 is 11.3 Å². The average Bonchev–Trinajstić information content (AvgIpc) is 3.56. The van der Waals surface area contributed by atoms with Crippen molar-refractivity contribution in [3.63, 3.8) is 0 Å².